The molecule has 0 fully saturated rings. The number of para-hydroxylation sites is 1. The number of carbonyl (C=O) groups excluding carboxylic acids is 3. The van der Waals surface area contributed by atoms with Crippen LogP contribution in [0.25, 0.3) is 11.0 Å². The predicted molar refractivity (Wildman–Crippen MR) is 129 cm³/mol. The van der Waals surface area contributed by atoms with Gasteiger partial charge in [-0.3, -0.25) is 9.59 Å². The molecule has 0 bridgehead atoms. The van der Waals surface area contributed by atoms with Crippen LogP contribution in [0.3, 0.4) is 0 Å². The van der Waals surface area contributed by atoms with Crippen molar-refractivity contribution in [3.05, 3.63) is 59.9 Å². The normalized spacial score (nSPS) is 12.6. The number of hydrogen-bond acceptors (Lipinski definition) is 7. The summed E-state index contributed by atoms with van der Waals surface area (Å²) in [6.45, 7) is 4.82. The minimum atomic E-state index is -0.958. The van der Waals surface area contributed by atoms with Crippen molar-refractivity contribution < 1.29 is 33.0 Å². The van der Waals surface area contributed by atoms with Gasteiger partial charge in [0.2, 0.25) is 0 Å². The molecule has 3 aromatic rings. The van der Waals surface area contributed by atoms with Crippen molar-refractivity contribution in [2.75, 3.05) is 20.8 Å². The maximum Gasteiger partial charge on any atom is 0.329 e. The van der Waals surface area contributed by atoms with E-state index in [1.807, 2.05) is 30.3 Å². The largest absolute Gasteiger partial charge is 0.497 e. The van der Waals surface area contributed by atoms with Crippen molar-refractivity contribution in [1.82, 2.24) is 10.6 Å². The van der Waals surface area contributed by atoms with E-state index in [9.17, 15) is 14.4 Å². The molecule has 2 N–H and O–H groups in total. The number of methoxy groups -OCH3 is 2. The fourth-order valence-electron chi connectivity index (χ4n) is 3.46. The van der Waals surface area contributed by atoms with Crippen LogP contribution in [0.2, 0.25) is 0 Å². The topological polar surface area (TPSA) is 116 Å². The molecule has 2 unspecified atom stereocenters. The number of hydrogen-bond donors (Lipinski definition) is 2. The summed E-state index contributed by atoms with van der Waals surface area (Å²) in [5.74, 6) is -0.515. The molecule has 0 saturated carbocycles. The van der Waals surface area contributed by atoms with Crippen molar-refractivity contribution >= 4 is 28.8 Å². The lowest BCUT2D eigenvalue weighted by atomic mass is 10.0. The van der Waals surface area contributed by atoms with Crippen molar-refractivity contribution in [2.45, 2.75) is 32.9 Å². The van der Waals surface area contributed by atoms with Gasteiger partial charge in [0.25, 0.3) is 11.8 Å². The van der Waals surface area contributed by atoms with Gasteiger partial charge in [-0.1, -0.05) is 32.0 Å². The van der Waals surface area contributed by atoms with Crippen molar-refractivity contribution in [3.63, 3.8) is 0 Å². The Morgan fingerprint density at radius 3 is 2.17 bits per heavy atom. The number of rotatable bonds is 10. The van der Waals surface area contributed by atoms with E-state index in [0.29, 0.717) is 17.3 Å². The second kappa shape index (κ2) is 11.4. The molecule has 0 spiro atoms. The zero-order valence-corrected chi connectivity index (χ0v) is 20.4. The summed E-state index contributed by atoms with van der Waals surface area (Å²) in [4.78, 5) is 37.9. The van der Waals surface area contributed by atoms with Gasteiger partial charge >= 0.3 is 5.97 Å². The first kappa shape index (κ1) is 25.6. The fraction of sp³-hybridized carbons (Fsp3) is 0.346. The molecule has 2 atom stereocenters. The summed E-state index contributed by atoms with van der Waals surface area (Å²) < 4.78 is 21.3. The first-order valence-corrected chi connectivity index (χ1v) is 11.2. The summed E-state index contributed by atoms with van der Waals surface area (Å²) in [6.07, 6.45) is 0. The van der Waals surface area contributed by atoms with E-state index < -0.39 is 36.5 Å². The van der Waals surface area contributed by atoms with Crippen LogP contribution in [0.15, 0.2) is 52.9 Å². The van der Waals surface area contributed by atoms with Crippen LogP contribution in [-0.4, -0.2) is 44.7 Å². The molecule has 9 heteroatoms. The summed E-state index contributed by atoms with van der Waals surface area (Å²) in [5.41, 5.74) is 0.983. The number of benzene rings is 2. The second-order valence-electron chi connectivity index (χ2n) is 8.38. The number of carbonyl (C=O) groups is 3. The first-order chi connectivity index (χ1) is 16.7. The van der Waals surface area contributed by atoms with Crippen LogP contribution in [0, 0.1) is 5.92 Å². The van der Waals surface area contributed by atoms with Crippen LogP contribution in [-0.2, 0) is 14.3 Å². The summed E-state index contributed by atoms with van der Waals surface area (Å²) in [7, 11) is 2.95. The second-order valence-corrected chi connectivity index (χ2v) is 8.38. The third-order valence-corrected chi connectivity index (χ3v) is 5.42. The number of fused-ring (bicyclic) bond motifs is 1. The zero-order chi connectivity index (χ0) is 25.5. The molecule has 186 valence electrons. The van der Waals surface area contributed by atoms with E-state index in [2.05, 4.69) is 10.6 Å². The highest BCUT2D eigenvalue weighted by atomic mass is 16.5. The number of amides is 2. The minimum Gasteiger partial charge on any atom is -0.497 e. The van der Waals surface area contributed by atoms with E-state index in [1.165, 1.54) is 26.4 Å². The molecule has 0 radical (unpaired) electrons. The Bertz CT molecular complexity index is 1150. The average molecular weight is 483 g/mol. The Balaban J connectivity index is 1.58. The molecule has 0 aliphatic carbocycles. The fourth-order valence-corrected chi connectivity index (χ4v) is 3.46. The van der Waals surface area contributed by atoms with E-state index in [0.717, 1.165) is 11.0 Å². The number of furan rings is 1. The summed E-state index contributed by atoms with van der Waals surface area (Å²) in [5, 5.41) is 6.35. The van der Waals surface area contributed by atoms with E-state index >= 15 is 0 Å². The van der Waals surface area contributed by atoms with E-state index in [1.54, 1.807) is 26.8 Å². The number of ether oxygens (including phenoxy) is 3. The van der Waals surface area contributed by atoms with E-state index in [4.69, 9.17) is 18.6 Å². The predicted octanol–water partition coefficient (Wildman–Crippen LogP) is 3.63. The monoisotopic (exact) mass is 482 g/mol. The molecule has 2 amide bonds. The molecular formula is C26H30N2O7. The van der Waals surface area contributed by atoms with Gasteiger partial charge in [0.1, 0.15) is 28.9 Å². The molecule has 1 aromatic heterocycles. The molecule has 3 rings (SSSR count). The molecule has 2 aromatic carbocycles. The Morgan fingerprint density at radius 2 is 1.57 bits per heavy atom. The smallest absolute Gasteiger partial charge is 0.329 e. The molecular weight excluding hydrogens is 452 g/mol. The number of esters is 1. The number of nitrogens with one attached hydrogen (secondary N) is 2. The Kier molecular flexibility index (Phi) is 8.35. The molecule has 35 heavy (non-hydrogen) atoms. The lowest BCUT2D eigenvalue weighted by molar-refractivity contribution is -0.151. The lowest BCUT2D eigenvalue weighted by Gasteiger charge is -2.21. The van der Waals surface area contributed by atoms with Gasteiger partial charge in [-0.15, -0.1) is 0 Å². The van der Waals surface area contributed by atoms with Crippen LogP contribution < -0.4 is 20.1 Å². The van der Waals surface area contributed by atoms with Crippen LogP contribution >= 0.6 is 0 Å². The van der Waals surface area contributed by atoms with Gasteiger partial charge in [-0.25, -0.2) is 4.79 Å². The summed E-state index contributed by atoms with van der Waals surface area (Å²) in [6, 6.07) is 12.7. The third-order valence-electron chi connectivity index (χ3n) is 5.42. The van der Waals surface area contributed by atoms with Gasteiger partial charge < -0.3 is 29.3 Å². The maximum absolute atomic E-state index is 12.8. The molecule has 9 nitrogen and oxygen atoms in total. The SMILES string of the molecule is COc1cc(OC)cc(C(=O)NC(C(=O)OCC(=O)NC(C)c2cc3ccccc3o2)C(C)C)c1. The highest BCUT2D eigenvalue weighted by Crippen LogP contribution is 2.24. The Hall–Kier alpha value is -4.01. The van der Waals surface area contributed by atoms with Crippen LogP contribution in [0.5, 0.6) is 11.5 Å². The quantitative estimate of drug-likeness (QED) is 0.424. The van der Waals surface area contributed by atoms with Crippen molar-refractivity contribution in [3.8, 4) is 11.5 Å². The summed E-state index contributed by atoms with van der Waals surface area (Å²) >= 11 is 0. The lowest BCUT2D eigenvalue weighted by Crippen LogP contribution is -2.46. The van der Waals surface area contributed by atoms with Crippen LogP contribution in [0.1, 0.15) is 42.9 Å². The van der Waals surface area contributed by atoms with Gasteiger partial charge in [0, 0.05) is 17.0 Å². The average Bonchev–Trinajstić information content (AvgIpc) is 3.29. The van der Waals surface area contributed by atoms with Crippen molar-refractivity contribution in [1.29, 1.82) is 0 Å². The standard InChI is InChI=1S/C26H30N2O7/c1-15(2)24(28-25(30)18-10-19(32-4)13-20(11-18)33-5)26(31)34-14-23(29)27-16(3)22-12-17-8-6-7-9-21(17)35-22/h6-13,15-16,24H,14H2,1-5H3,(H,27,29)(H,28,30). The molecule has 0 aliphatic rings. The molecule has 1 heterocycles. The van der Waals surface area contributed by atoms with Gasteiger partial charge in [-0.2, -0.15) is 0 Å². The van der Waals surface area contributed by atoms with E-state index in [-0.39, 0.29) is 11.5 Å². The van der Waals surface area contributed by atoms with Crippen LogP contribution in [0.4, 0.5) is 0 Å². The van der Waals surface area contributed by atoms with Gasteiger partial charge in [-0.05, 0) is 37.1 Å². The molecule has 0 aliphatic heterocycles. The Labute approximate surface area is 203 Å². The van der Waals surface area contributed by atoms with Gasteiger partial charge in [0.05, 0.1) is 20.3 Å². The third kappa shape index (κ3) is 6.53. The molecule has 0 saturated heterocycles. The first-order valence-electron chi connectivity index (χ1n) is 11.2. The Morgan fingerprint density at radius 1 is 0.914 bits per heavy atom. The highest BCUT2D eigenvalue weighted by molar-refractivity contribution is 5.97. The van der Waals surface area contributed by atoms with Crippen molar-refractivity contribution in [2.24, 2.45) is 5.92 Å². The zero-order valence-electron chi connectivity index (χ0n) is 20.4. The maximum atomic E-state index is 12.8. The highest BCUT2D eigenvalue weighted by Gasteiger charge is 2.27. The van der Waals surface area contributed by atoms with Gasteiger partial charge in [0.15, 0.2) is 6.61 Å². The minimum absolute atomic E-state index is 0.261.